The molecule has 2 aliphatic rings. The van der Waals surface area contributed by atoms with Crippen LogP contribution in [0.4, 0.5) is 10.1 Å². The van der Waals surface area contributed by atoms with Gasteiger partial charge in [0.1, 0.15) is 16.6 Å². The Labute approximate surface area is 207 Å². The van der Waals surface area contributed by atoms with Gasteiger partial charge in [0.2, 0.25) is 0 Å². The van der Waals surface area contributed by atoms with E-state index in [1.807, 2.05) is 12.1 Å². The number of halogens is 1. The normalized spacial score (nSPS) is 17.3. The number of benzene rings is 2. The summed E-state index contributed by atoms with van der Waals surface area (Å²) in [6.07, 6.45) is 7.93. The highest BCUT2D eigenvalue weighted by atomic mass is 32.2. The summed E-state index contributed by atoms with van der Waals surface area (Å²) < 4.78 is 47.2. The number of aromatic carboxylic acids is 1. The van der Waals surface area contributed by atoms with E-state index in [4.69, 9.17) is 9.84 Å². The van der Waals surface area contributed by atoms with Gasteiger partial charge in [0.15, 0.2) is 5.03 Å². The van der Waals surface area contributed by atoms with Crippen LogP contribution < -0.4 is 9.46 Å². The minimum absolute atomic E-state index is 0.117. The van der Waals surface area contributed by atoms with Gasteiger partial charge < -0.3 is 9.84 Å². The van der Waals surface area contributed by atoms with Crippen LogP contribution in [0.25, 0.3) is 10.6 Å². The third-order valence-electron chi connectivity index (χ3n) is 7.17. The lowest BCUT2D eigenvalue weighted by atomic mass is 9.59. The topological polar surface area (TPSA) is 106 Å². The van der Waals surface area contributed by atoms with Gasteiger partial charge in [0.25, 0.3) is 10.0 Å². The Morgan fingerprint density at radius 3 is 2.51 bits per heavy atom. The first kappa shape index (κ1) is 23.7. The van der Waals surface area contributed by atoms with Crippen molar-refractivity contribution in [3.63, 3.8) is 0 Å². The van der Waals surface area contributed by atoms with Gasteiger partial charge in [-0.05, 0) is 48.6 Å². The molecule has 184 valence electrons. The van der Waals surface area contributed by atoms with Crippen molar-refractivity contribution in [2.45, 2.75) is 49.5 Å². The second-order valence-corrected chi connectivity index (χ2v) is 11.9. The molecule has 2 fully saturated rings. The highest BCUT2D eigenvalue weighted by molar-refractivity contribution is 7.92. The Morgan fingerprint density at radius 1 is 1.20 bits per heavy atom. The van der Waals surface area contributed by atoms with Crippen LogP contribution in [0, 0.1) is 11.2 Å². The van der Waals surface area contributed by atoms with Gasteiger partial charge in [-0.15, -0.1) is 11.3 Å². The highest BCUT2D eigenvalue weighted by Gasteiger charge is 2.45. The maximum absolute atomic E-state index is 14.1. The van der Waals surface area contributed by atoms with Crippen LogP contribution in [-0.2, 0) is 10.0 Å². The number of sulfonamides is 1. The molecular weight excluding hydrogens is 491 g/mol. The van der Waals surface area contributed by atoms with Crippen LogP contribution >= 0.6 is 11.3 Å². The zero-order valence-corrected chi connectivity index (χ0v) is 20.7. The fourth-order valence-corrected chi connectivity index (χ4v) is 7.49. The molecule has 2 aliphatic carbocycles. The lowest BCUT2D eigenvalue weighted by Crippen LogP contribution is -2.32. The molecule has 0 aliphatic heterocycles. The fraction of sp³-hybridized carbons (Fsp3) is 0.360. The molecule has 2 saturated carbocycles. The Kier molecular flexibility index (Phi) is 6.04. The average Bonchev–Trinajstić information content (AvgIpc) is 3.49. The van der Waals surface area contributed by atoms with Crippen molar-refractivity contribution in [1.82, 2.24) is 4.98 Å². The first-order chi connectivity index (χ1) is 16.7. The molecule has 10 heteroatoms. The zero-order chi connectivity index (χ0) is 24.8. The Bertz CT molecular complexity index is 1370. The Hall–Kier alpha value is -2.98. The molecule has 0 radical (unpaired) electrons. The molecule has 5 rings (SSSR count). The van der Waals surface area contributed by atoms with Crippen molar-refractivity contribution < 1.29 is 27.4 Å². The van der Waals surface area contributed by atoms with E-state index in [1.54, 1.807) is 0 Å². The summed E-state index contributed by atoms with van der Waals surface area (Å²) >= 11 is 1.20. The molecule has 7 nitrogen and oxygen atoms in total. The summed E-state index contributed by atoms with van der Waals surface area (Å²) in [5.41, 5.74) is 1.88. The molecule has 1 spiro atoms. The molecule has 0 bridgehead atoms. The minimum atomic E-state index is -4.16. The summed E-state index contributed by atoms with van der Waals surface area (Å²) in [6, 6.07) is 9.87. The molecule has 3 aromatic rings. The van der Waals surface area contributed by atoms with Gasteiger partial charge in [-0.1, -0.05) is 37.1 Å². The van der Waals surface area contributed by atoms with Crippen LogP contribution in [0.15, 0.2) is 46.8 Å². The summed E-state index contributed by atoms with van der Waals surface area (Å²) in [5.74, 6) is -2.09. The van der Waals surface area contributed by atoms with Gasteiger partial charge in [-0.3, -0.25) is 4.72 Å². The van der Waals surface area contributed by atoms with E-state index in [2.05, 4.69) is 21.8 Å². The molecule has 1 heterocycles. The number of hydrogen-bond donors (Lipinski definition) is 2. The van der Waals surface area contributed by atoms with E-state index in [-0.39, 0.29) is 16.5 Å². The van der Waals surface area contributed by atoms with Crippen molar-refractivity contribution in [3.8, 4) is 16.3 Å². The number of methoxy groups -OCH3 is 1. The first-order valence-electron chi connectivity index (χ1n) is 11.4. The molecule has 0 amide bonds. The monoisotopic (exact) mass is 516 g/mol. The molecule has 35 heavy (non-hydrogen) atoms. The molecular formula is C25H25FN2O5S2. The largest absolute Gasteiger partial charge is 0.495 e. The summed E-state index contributed by atoms with van der Waals surface area (Å²) in [4.78, 5) is 15.4. The van der Waals surface area contributed by atoms with Crippen molar-refractivity contribution in [2.75, 3.05) is 11.8 Å². The SMILES string of the molecule is COc1cc(C(=O)O)c(F)cc1NS(=O)(=O)c1csc(-c2ccc(C3CC4(CCCC4)C3)cc2)n1. The van der Waals surface area contributed by atoms with Gasteiger partial charge in [-0.25, -0.2) is 14.2 Å². The minimum Gasteiger partial charge on any atom is -0.495 e. The zero-order valence-electron chi connectivity index (χ0n) is 19.1. The number of carboxylic acid groups (broad SMARTS) is 1. The van der Waals surface area contributed by atoms with Crippen molar-refractivity contribution in [3.05, 3.63) is 58.7 Å². The van der Waals surface area contributed by atoms with Gasteiger partial charge in [-0.2, -0.15) is 8.42 Å². The van der Waals surface area contributed by atoms with Crippen molar-refractivity contribution >= 4 is 33.0 Å². The van der Waals surface area contributed by atoms with E-state index in [0.717, 1.165) is 17.7 Å². The maximum atomic E-state index is 14.1. The average molecular weight is 517 g/mol. The fourth-order valence-electron chi connectivity index (χ4n) is 5.33. The molecule has 0 atom stereocenters. The first-order valence-corrected chi connectivity index (χ1v) is 13.8. The Balaban J connectivity index is 1.32. The standard InChI is InChI=1S/C25H25FN2O5S2/c1-33-21-10-18(24(29)30)19(26)11-20(21)28-35(31,32)22-14-34-23(27-22)16-6-4-15(5-7-16)17-12-25(13-17)8-2-3-9-25/h4-7,10-11,14,17,28H,2-3,8-9,12-13H2,1H3,(H,29,30). The summed E-state index contributed by atoms with van der Waals surface area (Å²) in [7, 11) is -2.92. The van der Waals surface area contributed by atoms with Crippen LogP contribution in [0.3, 0.4) is 0 Å². The number of anilines is 1. The van der Waals surface area contributed by atoms with E-state index >= 15 is 0 Å². The van der Waals surface area contributed by atoms with Crippen molar-refractivity contribution in [2.24, 2.45) is 5.41 Å². The van der Waals surface area contributed by atoms with Gasteiger partial charge in [0.05, 0.1) is 18.4 Å². The lowest BCUT2D eigenvalue weighted by molar-refractivity contribution is 0.0691. The third-order valence-corrected chi connectivity index (χ3v) is 9.46. The summed E-state index contributed by atoms with van der Waals surface area (Å²) in [6.45, 7) is 0. The van der Waals surface area contributed by atoms with Crippen molar-refractivity contribution in [1.29, 1.82) is 0 Å². The third kappa shape index (κ3) is 4.52. The van der Waals surface area contributed by atoms with Crippen LogP contribution in [0.1, 0.15) is 60.4 Å². The number of nitrogens with one attached hydrogen (secondary N) is 1. The second-order valence-electron chi connectivity index (χ2n) is 9.37. The molecule has 0 unspecified atom stereocenters. The number of thiazole rings is 1. The number of hydrogen-bond acceptors (Lipinski definition) is 6. The van der Waals surface area contributed by atoms with Crippen LogP contribution in [0.2, 0.25) is 0 Å². The number of aromatic nitrogens is 1. The number of ether oxygens (including phenoxy) is 1. The number of carboxylic acids is 1. The van der Waals surface area contributed by atoms with Crippen LogP contribution in [0.5, 0.6) is 5.75 Å². The predicted octanol–water partition coefficient (Wildman–Crippen LogP) is 5.89. The molecule has 2 aromatic carbocycles. The van der Waals surface area contributed by atoms with E-state index in [9.17, 15) is 17.6 Å². The molecule has 1 aromatic heterocycles. The maximum Gasteiger partial charge on any atom is 0.338 e. The van der Waals surface area contributed by atoms with E-state index < -0.39 is 27.4 Å². The number of carbonyl (C=O) groups is 1. The highest BCUT2D eigenvalue weighted by Crippen LogP contribution is 2.59. The molecule has 0 saturated heterocycles. The quantitative estimate of drug-likeness (QED) is 0.405. The lowest BCUT2D eigenvalue weighted by Gasteiger charge is -2.46. The van der Waals surface area contributed by atoms with Gasteiger partial charge in [0, 0.05) is 17.0 Å². The molecule has 2 N–H and O–H groups in total. The van der Waals surface area contributed by atoms with E-state index in [1.165, 1.54) is 67.9 Å². The predicted molar refractivity (Wildman–Crippen MR) is 131 cm³/mol. The number of nitrogens with zero attached hydrogens (tertiary/aromatic N) is 1. The second kappa shape index (κ2) is 8.91. The summed E-state index contributed by atoms with van der Waals surface area (Å²) in [5, 5.41) is 10.8. The number of rotatable bonds is 7. The Morgan fingerprint density at radius 2 is 1.89 bits per heavy atom. The smallest absolute Gasteiger partial charge is 0.338 e. The van der Waals surface area contributed by atoms with Gasteiger partial charge >= 0.3 is 5.97 Å². The van der Waals surface area contributed by atoms with Crippen LogP contribution in [-0.4, -0.2) is 31.6 Å². The van der Waals surface area contributed by atoms with E-state index in [0.29, 0.717) is 16.3 Å².